The summed E-state index contributed by atoms with van der Waals surface area (Å²) in [7, 11) is 0. The fraction of sp³-hybridized carbons (Fsp3) is 0.282. The van der Waals surface area contributed by atoms with Crippen LogP contribution in [0.3, 0.4) is 0 Å². The smallest absolute Gasteiger partial charge is 0.673 e. The molecule has 42 heavy (non-hydrogen) atoms. The SMILES string of the molecule is CC(C)c1ccccc1C([N-]c1c(C(C)C)cccc1C(C)C)c1cccc(-c2[c-]ccc3ccccc23)n1.[CH2-]C.[Zr+2]. The Hall–Kier alpha value is -3.03. The van der Waals surface area contributed by atoms with Crippen molar-refractivity contribution in [1.29, 1.82) is 0 Å². The molecule has 1 atom stereocenters. The molecule has 0 aliphatic heterocycles. The molecule has 5 rings (SSSR count). The van der Waals surface area contributed by atoms with Crippen LogP contribution in [0.1, 0.15) is 100 Å². The van der Waals surface area contributed by atoms with Crippen molar-refractivity contribution in [3.63, 3.8) is 0 Å². The van der Waals surface area contributed by atoms with Gasteiger partial charge in [0, 0.05) is 5.69 Å². The molecular formula is C39H43N2Zr-. The largest absolute Gasteiger partial charge is 2.00 e. The predicted octanol–water partition coefficient (Wildman–Crippen LogP) is 11.7. The Kier molecular flexibility index (Phi) is 12.3. The van der Waals surface area contributed by atoms with Crippen LogP contribution in [-0.4, -0.2) is 4.98 Å². The Bertz CT molecular complexity index is 1550. The van der Waals surface area contributed by atoms with Crippen molar-refractivity contribution in [2.24, 2.45) is 0 Å². The summed E-state index contributed by atoms with van der Waals surface area (Å²) >= 11 is 0. The van der Waals surface area contributed by atoms with E-state index in [1.807, 2.05) is 6.07 Å². The van der Waals surface area contributed by atoms with E-state index in [9.17, 15) is 0 Å². The number of fused-ring (bicyclic) bond motifs is 1. The van der Waals surface area contributed by atoms with Gasteiger partial charge in [0.25, 0.3) is 0 Å². The Labute approximate surface area is 273 Å². The van der Waals surface area contributed by atoms with Crippen LogP contribution < -0.4 is 0 Å². The Balaban J connectivity index is 0.00000158. The van der Waals surface area contributed by atoms with Gasteiger partial charge in [-0.25, -0.2) is 0 Å². The van der Waals surface area contributed by atoms with E-state index < -0.39 is 0 Å². The van der Waals surface area contributed by atoms with Crippen molar-refractivity contribution in [2.45, 2.75) is 72.3 Å². The molecule has 0 radical (unpaired) electrons. The first-order valence-corrected chi connectivity index (χ1v) is 14.8. The van der Waals surface area contributed by atoms with E-state index in [2.05, 4.69) is 146 Å². The van der Waals surface area contributed by atoms with Gasteiger partial charge in [0.1, 0.15) is 0 Å². The van der Waals surface area contributed by atoms with Crippen LogP contribution in [0.2, 0.25) is 0 Å². The zero-order chi connectivity index (χ0) is 29.5. The first-order chi connectivity index (χ1) is 19.8. The van der Waals surface area contributed by atoms with Crippen molar-refractivity contribution >= 4 is 16.5 Å². The summed E-state index contributed by atoms with van der Waals surface area (Å²) < 4.78 is 0. The van der Waals surface area contributed by atoms with Crippen LogP contribution >= 0.6 is 0 Å². The fourth-order valence-corrected chi connectivity index (χ4v) is 5.49. The molecule has 1 heterocycles. The number of pyridine rings is 1. The summed E-state index contributed by atoms with van der Waals surface area (Å²) in [6.45, 7) is 18.5. The molecule has 214 valence electrons. The van der Waals surface area contributed by atoms with Crippen LogP contribution in [0.4, 0.5) is 5.69 Å². The van der Waals surface area contributed by atoms with E-state index in [4.69, 9.17) is 10.3 Å². The van der Waals surface area contributed by atoms with Crippen LogP contribution in [0.5, 0.6) is 0 Å². The second-order valence-electron chi connectivity index (χ2n) is 11.3. The number of rotatable bonds is 8. The second-order valence-corrected chi connectivity index (χ2v) is 11.3. The molecule has 4 aromatic carbocycles. The molecule has 1 aromatic heterocycles. The minimum absolute atomic E-state index is 0. The van der Waals surface area contributed by atoms with Gasteiger partial charge in [0.2, 0.25) is 0 Å². The maximum absolute atomic E-state index is 5.61. The fourth-order valence-electron chi connectivity index (χ4n) is 5.49. The molecule has 0 saturated carbocycles. The van der Waals surface area contributed by atoms with Crippen molar-refractivity contribution in [3.05, 3.63) is 143 Å². The van der Waals surface area contributed by atoms with E-state index in [0.29, 0.717) is 17.8 Å². The van der Waals surface area contributed by atoms with Crippen LogP contribution in [0.25, 0.3) is 27.3 Å². The number of hydrogen-bond donors (Lipinski definition) is 0. The summed E-state index contributed by atoms with van der Waals surface area (Å²) in [5.41, 5.74) is 9.10. The predicted molar refractivity (Wildman–Crippen MR) is 177 cm³/mol. The first-order valence-electron chi connectivity index (χ1n) is 14.8. The Morgan fingerprint density at radius 2 is 1.17 bits per heavy atom. The maximum Gasteiger partial charge on any atom is 2.00 e. The quantitative estimate of drug-likeness (QED) is 0.157. The molecule has 0 fully saturated rings. The molecule has 0 aliphatic rings. The summed E-state index contributed by atoms with van der Waals surface area (Å²) in [6, 6.07) is 37.5. The van der Waals surface area contributed by atoms with E-state index in [-0.39, 0.29) is 32.2 Å². The van der Waals surface area contributed by atoms with E-state index in [0.717, 1.165) is 28.0 Å². The van der Waals surface area contributed by atoms with Crippen LogP contribution in [0, 0.1) is 13.0 Å². The molecule has 1 unspecified atom stereocenters. The standard InChI is InChI=1S/C37H38N2.C2H5.Zr/c1-24(2)28-16-9-10-18-33(28)37(39-36-29(25(3)4)19-12-20-30(36)26(5)6)35-23-13-22-34(38-35)32-21-11-15-27-14-7-8-17-31(27)32;1-2;/h7-20,22-26,37H,1-6H3;1H2,2H3;/q-2;-1;+2. The second kappa shape index (κ2) is 15.4. The molecular weight excluding hydrogens is 588 g/mol. The third kappa shape index (κ3) is 7.30. The first kappa shape index (κ1) is 33.5. The average Bonchev–Trinajstić information content (AvgIpc) is 3.00. The van der Waals surface area contributed by atoms with Crippen molar-refractivity contribution in [3.8, 4) is 11.3 Å². The molecule has 2 nitrogen and oxygen atoms in total. The molecule has 0 spiro atoms. The molecule has 0 amide bonds. The van der Waals surface area contributed by atoms with Gasteiger partial charge in [-0.1, -0.05) is 142 Å². The van der Waals surface area contributed by atoms with Gasteiger partial charge in [0.05, 0.1) is 0 Å². The van der Waals surface area contributed by atoms with Gasteiger partial charge < -0.3 is 17.2 Å². The number of para-hydroxylation sites is 1. The van der Waals surface area contributed by atoms with E-state index in [1.165, 1.54) is 27.6 Å². The molecule has 0 bridgehead atoms. The third-order valence-electron chi connectivity index (χ3n) is 7.54. The van der Waals surface area contributed by atoms with Gasteiger partial charge in [-0.15, -0.1) is 34.8 Å². The number of benzene rings is 4. The third-order valence-corrected chi connectivity index (χ3v) is 7.54. The van der Waals surface area contributed by atoms with Gasteiger partial charge in [-0.2, -0.15) is 6.92 Å². The van der Waals surface area contributed by atoms with Crippen LogP contribution in [0.15, 0.2) is 97.1 Å². The summed E-state index contributed by atoms with van der Waals surface area (Å²) in [5, 5.41) is 7.96. The minimum atomic E-state index is -0.226. The molecule has 3 heteroatoms. The number of nitrogens with zero attached hydrogens (tertiary/aromatic N) is 2. The summed E-state index contributed by atoms with van der Waals surface area (Å²) in [5.74, 6) is 1.11. The zero-order valence-electron chi connectivity index (χ0n) is 26.1. The van der Waals surface area contributed by atoms with Gasteiger partial charge >= 0.3 is 26.2 Å². The van der Waals surface area contributed by atoms with Crippen molar-refractivity contribution in [1.82, 2.24) is 4.98 Å². The van der Waals surface area contributed by atoms with Gasteiger partial charge in [-0.05, 0) is 41.1 Å². The normalized spacial score (nSPS) is 11.7. The van der Waals surface area contributed by atoms with Crippen molar-refractivity contribution < 1.29 is 26.2 Å². The van der Waals surface area contributed by atoms with E-state index >= 15 is 0 Å². The minimum Gasteiger partial charge on any atom is -0.673 e. The average molecular weight is 631 g/mol. The molecule has 5 aromatic rings. The summed E-state index contributed by atoms with van der Waals surface area (Å²) in [4.78, 5) is 5.29. The molecule has 0 saturated heterocycles. The Morgan fingerprint density at radius 1 is 0.619 bits per heavy atom. The maximum atomic E-state index is 5.61. The Morgan fingerprint density at radius 3 is 1.81 bits per heavy atom. The number of hydrogen-bond acceptors (Lipinski definition) is 1. The topological polar surface area (TPSA) is 27.0 Å². The zero-order valence-corrected chi connectivity index (χ0v) is 28.6. The summed E-state index contributed by atoms with van der Waals surface area (Å²) in [6.07, 6.45) is 0. The van der Waals surface area contributed by atoms with Gasteiger partial charge in [-0.3, -0.25) is 0 Å². The molecule has 0 N–H and O–H groups in total. The van der Waals surface area contributed by atoms with E-state index in [1.54, 1.807) is 6.92 Å². The number of aromatic nitrogens is 1. The van der Waals surface area contributed by atoms with Crippen LogP contribution in [-0.2, 0) is 26.2 Å². The monoisotopic (exact) mass is 629 g/mol. The van der Waals surface area contributed by atoms with Crippen molar-refractivity contribution in [2.75, 3.05) is 0 Å². The molecule has 0 aliphatic carbocycles. The van der Waals surface area contributed by atoms with Gasteiger partial charge in [0.15, 0.2) is 0 Å².